The molecule has 3 nitrogen and oxygen atoms in total. The van der Waals surface area contributed by atoms with E-state index >= 15 is 0 Å². The molecule has 0 bridgehead atoms. The fourth-order valence-electron chi connectivity index (χ4n) is 3.11. The molecular formula is C22H19NO2. The van der Waals surface area contributed by atoms with Crippen LogP contribution in [0.25, 0.3) is 21.7 Å². The second-order valence-electron chi connectivity index (χ2n) is 6.41. The number of carbonyl (C=O) groups is 1. The minimum atomic E-state index is -0.201. The van der Waals surface area contributed by atoms with Crippen LogP contribution in [0.4, 0.5) is 0 Å². The van der Waals surface area contributed by atoms with Gasteiger partial charge >= 0.3 is 0 Å². The summed E-state index contributed by atoms with van der Waals surface area (Å²) in [7, 11) is 0. The first-order valence-corrected chi connectivity index (χ1v) is 8.40. The molecule has 0 fully saturated rings. The molecule has 25 heavy (non-hydrogen) atoms. The molecule has 0 spiro atoms. The maximum atomic E-state index is 12.6. The molecule has 1 heterocycles. The average Bonchev–Trinajstić information content (AvgIpc) is 3.07. The summed E-state index contributed by atoms with van der Waals surface area (Å²) >= 11 is 0. The lowest BCUT2D eigenvalue weighted by molar-refractivity contribution is 0.0914. The monoisotopic (exact) mass is 329 g/mol. The van der Waals surface area contributed by atoms with Crippen LogP contribution in [0.2, 0.25) is 0 Å². The Labute approximate surface area is 146 Å². The van der Waals surface area contributed by atoms with E-state index < -0.39 is 0 Å². The lowest BCUT2D eigenvalue weighted by atomic mass is 10.1. The van der Waals surface area contributed by atoms with Gasteiger partial charge in [0.25, 0.3) is 5.91 Å². The predicted molar refractivity (Wildman–Crippen MR) is 101 cm³/mol. The molecule has 4 rings (SSSR count). The quantitative estimate of drug-likeness (QED) is 0.548. The Morgan fingerprint density at radius 1 is 0.960 bits per heavy atom. The maximum Gasteiger partial charge on any atom is 0.287 e. The van der Waals surface area contributed by atoms with E-state index in [2.05, 4.69) is 11.4 Å². The SMILES string of the molecule is Cc1ccc(C(C)NC(=O)c2cc3c(ccc4ccccc43)o2)cc1. The summed E-state index contributed by atoms with van der Waals surface area (Å²) in [6, 6.07) is 21.9. The molecule has 1 amide bonds. The molecule has 0 saturated heterocycles. The van der Waals surface area contributed by atoms with Crippen LogP contribution in [-0.2, 0) is 0 Å². The van der Waals surface area contributed by atoms with Crippen LogP contribution in [0.5, 0.6) is 0 Å². The highest BCUT2D eigenvalue weighted by molar-refractivity contribution is 6.08. The van der Waals surface area contributed by atoms with Gasteiger partial charge in [0, 0.05) is 5.39 Å². The van der Waals surface area contributed by atoms with Crippen LogP contribution >= 0.6 is 0 Å². The topological polar surface area (TPSA) is 42.2 Å². The van der Waals surface area contributed by atoms with Gasteiger partial charge in [0.1, 0.15) is 5.58 Å². The first-order valence-electron chi connectivity index (χ1n) is 8.40. The fraction of sp³-hybridized carbons (Fsp3) is 0.136. The molecule has 0 aliphatic heterocycles. The van der Waals surface area contributed by atoms with E-state index in [4.69, 9.17) is 4.42 Å². The molecule has 124 valence electrons. The molecule has 1 N–H and O–H groups in total. The van der Waals surface area contributed by atoms with Gasteiger partial charge in [0.15, 0.2) is 5.76 Å². The summed E-state index contributed by atoms with van der Waals surface area (Å²) in [5, 5.41) is 6.20. The summed E-state index contributed by atoms with van der Waals surface area (Å²) in [4.78, 5) is 12.6. The van der Waals surface area contributed by atoms with Crippen molar-refractivity contribution in [2.24, 2.45) is 0 Å². The van der Waals surface area contributed by atoms with Gasteiger partial charge in [-0.05, 0) is 42.3 Å². The molecule has 1 aromatic heterocycles. The normalized spacial score (nSPS) is 12.4. The second-order valence-corrected chi connectivity index (χ2v) is 6.41. The molecular weight excluding hydrogens is 310 g/mol. The minimum Gasteiger partial charge on any atom is -0.451 e. The highest BCUT2D eigenvalue weighted by Crippen LogP contribution is 2.28. The standard InChI is InChI=1S/C22H19NO2/c1-14-7-9-16(10-8-14)15(2)23-22(24)21-13-19-18-6-4-3-5-17(18)11-12-20(19)25-21/h3-13,15H,1-2H3,(H,23,24). The van der Waals surface area contributed by atoms with Gasteiger partial charge in [-0.15, -0.1) is 0 Å². The number of aryl methyl sites for hydroxylation is 1. The number of hydrogen-bond acceptors (Lipinski definition) is 2. The molecule has 0 radical (unpaired) electrons. The molecule has 0 aliphatic rings. The summed E-state index contributed by atoms with van der Waals surface area (Å²) in [5.74, 6) is 0.138. The Bertz CT molecular complexity index is 1060. The van der Waals surface area contributed by atoms with E-state index in [0.717, 1.165) is 27.3 Å². The van der Waals surface area contributed by atoms with Gasteiger partial charge in [-0.25, -0.2) is 0 Å². The lowest BCUT2D eigenvalue weighted by Gasteiger charge is -2.13. The number of rotatable bonds is 3. The second kappa shape index (κ2) is 6.10. The summed E-state index contributed by atoms with van der Waals surface area (Å²) in [6.45, 7) is 4.02. The van der Waals surface area contributed by atoms with Crippen molar-refractivity contribution in [2.45, 2.75) is 19.9 Å². The third-order valence-electron chi connectivity index (χ3n) is 4.57. The Morgan fingerprint density at radius 2 is 1.72 bits per heavy atom. The van der Waals surface area contributed by atoms with Crippen molar-refractivity contribution in [3.05, 3.63) is 83.6 Å². The minimum absolute atomic E-state index is 0.0851. The zero-order valence-corrected chi connectivity index (χ0v) is 14.2. The first kappa shape index (κ1) is 15.5. The number of benzene rings is 3. The van der Waals surface area contributed by atoms with Crippen molar-refractivity contribution in [3.8, 4) is 0 Å². The van der Waals surface area contributed by atoms with Gasteiger partial charge in [0.05, 0.1) is 6.04 Å². The van der Waals surface area contributed by atoms with Gasteiger partial charge in [0.2, 0.25) is 0 Å². The molecule has 0 saturated carbocycles. The van der Waals surface area contributed by atoms with Crippen LogP contribution in [0, 0.1) is 6.92 Å². The number of furan rings is 1. The van der Waals surface area contributed by atoms with Crippen molar-refractivity contribution in [2.75, 3.05) is 0 Å². The molecule has 1 atom stereocenters. The molecule has 0 aliphatic carbocycles. The van der Waals surface area contributed by atoms with Gasteiger partial charge < -0.3 is 9.73 Å². The van der Waals surface area contributed by atoms with Crippen molar-refractivity contribution < 1.29 is 9.21 Å². The van der Waals surface area contributed by atoms with E-state index in [9.17, 15) is 4.79 Å². The van der Waals surface area contributed by atoms with E-state index in [1.165, 1.54) is 5.56 Å². The average molecular weight is 329 g/mol. The van der Waals surface area contributed by atoms with E-state index in [1.807, 2.05) is 74.5 Å². The van der Waals surface area contributed by atoms with Gasteiger partial charge in [-0.1, -0.05) is 60.2 Å². The van der Waals surface area contributed by atoms with Crippen LogP contribution < -0.4 is 5.32 Å². The first-order chi connectivity index (χ1) is 12.1. The largest absolute Gasteiger partial charge is 0.451 e. The number of hydrogen-bond donors (Lipinski definition) is 1. The van der Waals surface area contributed by atoms with Gasteiger partial charge in [-0.3, -0.25) is 4.79 Å². The Balaban J connectivity index is 1.63. The van der Waals surface area contributed by atoms with Crippen LogP contribution in [-0.4, -0.2) is 5.91 Å². The zero-order valence-electron chi connectivity index (χ0n) is 14.2. The van der Waals surface area contributed by atoms with Crippen molar-refractivity contribution in [3.63, 3.8) is 0 Å². The summed E-state index contributed by atoms with van der Waals surface area (Å²) in [6.07, 6.45) is 0. The summed E-state index contributed by atoms with van der Waals surface area (Å²) in [5.41, 5.74) is 3.00. The van der Waals surface area contributed by atoms with E-state index in [0.29, 0.717) is 5.76 Å². The third kappa shape index (κ3) is 2.89. The van der Waals surface area contributed by atoms with Crippen molar-refractivity contribution in [1.29, 1.82) is 0 Å². The lowest BCUT2D eigenvalue weighted by Crippen LogP contribution is -2.26. The fourth-order valence-corrected chi connectivity index (χ4v) is 3.11. The number of amides is 1. The van der Waals surface area contributed by atoms with Crippen molar-refractivity contribution in [1.82, 2.24) is 5.32 Å². The van der Waals surface area contributed by atoms with Crippen LogP contribution in [0.15, 0.2) is 71.1 Å². The zero-order chi connectivity index (χ0) is 17.4. The third-order valence-corrected chi connectivity index (χ3v) is 4.57. The predicted octanol–water partition coefficient (Wildman–Crippen LogP) is 5.39. The number of carbonyl (C=O) groups excluding carboxylic acids is 1. The summed E-state index contributed by atoms with van der Waals surface area (Å²) < 4.78 is 5.78. The number of nitrogens with one attached hydrogen (secondary N) is 1. The van der Waals surface area contributed by atoms with Crippen LogP contribution in [0.1, 0.15) is 34.6 Å². The Kier molecular flexibility index (Phi) is 3.77. The maximum absolute atomic E-state index is 12.6. The van der Waals surface area contributed by atoms with E-state index in [1.54, 1.807) is 0 Å². The Morgan fingerprint density at radius 3 is 2.52 bits per heavy atom. The smallest absolute Gasteiger partial charge is 0.287 e. The van der Waals surface area contributed by atoms with E-state index in [-0.39, 0.29) is 11.9 Å². The highest BCUT2D eigenvalue weighted by atomic mass is 16.3. The molecule has 3 heteroatoms. The molecule has 3 aromatic carbocycles. The van der Waals surface area contributed by atoms with Gasteiger partial charge in [-0.2, -0.15) is 0 Å². The molecule has 4 aromatic rings. The Hall–Kier alpha value is -3.07. The highest BCUT2D eigenvalue weighted by Gasteiger charge is 2.16. The molecule has 1 unspecified atom stereocenters. The van der Waals surface area contributed by atoms with Crippen LogP contribution in [0.3, 0.4) is 0 Å². The van der Waals surface area contributed by atoms with Crippen molar-refractivity contribution >= 4 is 27.6 Å². The number of fused-ring (bicyclic) bond motifs is 3.